The molecule has 0 aliphatic carbocycles. The molecule has 0 bridgehead atoms. The molecule has 78 valence electrons. The van der Waals surface area contributed by atoms with E-state index >= 15 is 0 Å². The maximum atomic E-state index is 4.46. The van der Waals surface area contributed by atoms with E-state index in [4.69, 9.17) is 0 Å². The average Bonchev–Trinajstić information content (AvgIpc) is 2.46. The van der Waals surface area contributed by atoms with Gasteiger partial charge in [-0.25, -0.2) is 0 Å². The molecule has 1 heterocycles. The summed E-state index contributed by atoms with van der Waals surface area (Å²) in [6.45, 7) is 5.10. The molecule has 0 fully saturated rings. The Labute approximate surface area is 86.2 Å². The van der Waals surface area contributed by atoms with Crippen molar-refractivity contribution in [1.82, 2.24) is 10.2 Å². The minimum absolute atomic E-state index is 0.852. The Morgan fingerprint density at radius 1 is 1.50 bits per heavy atom. The normalized spacial score (nSPS) is 18.6. The van der Waals surface area contributed by atoms with Crippen LogP contribution in [0.3, 0.4) is 0 Å². The molecule has 3 nitrogen and oxygen atoms in total. The Balaban J connectivity index is 2.32. The van der Waals surface area contributed by atoms with E-state index in [0.29, 0.717) is 0 Å². The summed E-state index contributed by atoms with van der Waals surface area (Å²) in [5.74, 6) is 0.961. The number of aliphatic imine (C=N–C) groups is 1. The van der Waals surface area contributed by atoms with E-state index < -0.39 is 0 Å². The average molecular weight is 193 g/mol. The third-order valence-corrected chi connectivity index (χ3v) is 2.20. The van der Waals surface area contributed by atoms with Crippen LogP contribution in [0.2, 0.25) is 0 Å². The van der Waals surface area contributed by atoms with Crippen LogP contribution in [-0.4, -0.2) is 37.4 Å². The summed E-state index contributed by atoms with van der Waals surface area (Å²) in [6, 6.07) is 0. The third-order valence-electron chi connectivity index (χ3n) is 2.20. The Morgan fingerprint density at radius 3 is 3.14 bits per heavy atom. The van der Waals surface area contributed by atoms with E-state index in [1.165, 1.54) is 0 Å². The summed E-state index contributed by atoms with van der Waals surface area (Å²) in [5, 5.41) is 3.14. The molecule has 0 aromatic carbocycles. The molecular weight excluding hydrogens is 174 g/mol. The molecule has 1 aliphatic rings. The smallest absolute Gasteiger partial charge is 0.124 e. The van der Waals surface area contributed by atoms with Crippen molar-refractivity contribution in [3.63, 3.8) is 0 Å². The van der Waals surface area contributed by atoms with Crippen molar-refractivity contribution in [2.75, 3.05) is 26.7 Å². The number of hydrogen-bond acceptors (Lipinski definition) is 2. The molecule has 0 aromatic heterocycles. The van der Waals surface area contributed by atoms with Crippen LogP contribution in [0.4, 0.5) is 0 Å². The van der Waals surface area contributed by atoms with E-state index in [-0.39, 0.29) is 0 Å². The van der Waals surface area contributed by atoms with Gasteiger partial charge < -0.3 is 10.2 Å². The second kappa shape index (κ2) is 6.38. The van der Waals surface area contributed by atoms with E-state index in [0.717, 1.165) is 31.9 Å². The van der Waals surface area contributed by atoms with Crippen molar-refractivity contribution in [2.45, 2.75) is 13.3 Å². The minimum Gasteiger partial charge on any atom is -0.347 e. The topological polar surface area (TPSA) is 27.6 Å². The van der Waals surface area contributed by atoms with Gasteiger partial charge in [-0.05, 0) is 32.3 Å². The van der Waals surface area contributed by atoms with Crippen molar-refractivity contribution in [3.05, 3.63) is 24.4 Å². The number of hydrogen-bond donors (Lipinski definition) is 1. The first-order chi connectivity index (χ1) is 6.83. The highest BCUT2D eigenvalue weighted by molar-refractivity contribution is 5.93. The van der Waals surface area contributed by atoms with Gasteiger partial charge in [-0.1, -0.05) is 19.1 Å². The zero-order valence-electron chi connectivity index (χ0n) is 9.03. The van der Waals surface area contributed by atoms with Gasteiger partial charge in [0.05, 0.1) is 6.54 Å². The highest BCUT2D eigenvalue weighted by Gasteiger charge is 1.95. The van der Waals surface area contributed by atoms with Crippen LogP contribution in [0.15, 0.2) is 29.4 Å². The Morgan fingerprint density at radius 2 is 2.36 bits per heavy atom. The van der Waals surface area contributed by atoms with Crippen molar-refractivity contribution in [2.24, 2.45) is 4.99 Å². The van der Waals surface area contributed by atoms with Crippen LogP contribution in [0.25, 0.3) is 0 Å². The fourth-order valence-corrected chi connectivity index (χ4v) is 1.12. The zero-order valence-corrected chi connectivity index (χ0v) is 9.03. The SMILES string of the molecule is CCN(C)CCN=C1C=CCC=CN1. The lowest BCUT2D eigenvalue weighted by Crippen LogP contribution is -2.22. The number of nitrogens with zero attached hydrogens (tertiary/aromatic N) is 2. The lowest BCUT2D eigenvalue weighted by atomic mass is 10.4. The summed E-state index contributed by atoms with van der Waals surface area (Å²) in [4.78, 5) is 6.71. The van der Waals surface area contributed by atoms with Crippen molar-refractivity contribution >= 4 is 5.84 Å². The van der Waals surface area contributed by atoms with E-state index in [2.05, 4.69) is 41.3 Å². The van der Waals surface area contributed by atoms with Crippen LogP contribution >= 0.6 is 0 Å². The molecule has 0 atom stereocenters. The fourth-order valence-electron chi connectivity index (χ4n) is 1.12. The van der Waals surface area contributed by atoms with Gasteiger partial charge >= 0.3 is 0 Å². The quantitative estimate of drug-likeness (QED) is 0.731. The van der Waals surface area contributed by atoms with Gasteiger partial charge in [0.15, 0.2) is 0 Å². The highest BCUT2D eigenvalue weighted by Crippen LogP contribution is 1.92. The predicted molar refractivity (Wildman–Crippen MR) is 61.5 cm³/mol. The van der Waals surface area contributed by atoms with Gasteiger partial charge in [0.2, 0.25) is 0 Å². The Hall–Kier alpha value is -1.09. The molecule has 0 unspecified atom stereocenters. The second-order valence-corrected chi connectivity index (χ2v) is 3.35. The summed E-state index contributed by atoms with van der Waals surface area (Å²) in [6.07, 6.45) is 9.16. The van der Waals surface area contributed by atoms with Gasteiger partial charge in [-0.2, -0.15) is 0 Å². The van der Waals surface area contributed by atoms with Gasteiger partial charge in [0, 0.05) is 6.54 Å². The monoisotopic (exact) mass is 193 g/mol. The van der Waals surface area contributed by atoms with Gasteiger partial charge in [0.1, 0.15) is 5.84 Å². The van der Waals surface area contributed by atoms with E-state index in [1.54, 1.807) is 0 Å². The molecule has 0 aromatic rings. The van der Waals surface area contributed by atoms with Gasteiger partial charge in [-0.15, -0.1) is 0 Å². The lowest BCUT2D eigenvalue weighted by Gasteiger charge is -2.11. The number of amidine groups is 1. The molecule has 0 saturated heterocycles. The minimum atomic E-state index is 0.852. The fraction of sp³-hybridized carbons (Fsp3) is 0.545. The molecule has 1 aliphatic heterocycles. The number of allylic oxidation sites excluding steroid dienone is 2. The largest absolute Gasteiger partial charge is 0.347 e. The molecule has 14 heavy (non-hydrogen) atoms. The Kier molecular flexibility index (Phi) is 5.00. The second-order valence-electron chi connectivity index (χ2n) is 3.35. The molecule has 0 amide bonds. The van der Waals surface area contributed by atoms with E-state index in [9.17, 15) is 0 Å². The van der Waals surface area contributed by atoms with Gasteiger partial charge in [0.25, 0.3) is 0 Å². The molecule has 0 radical (unpaired) electrons. The van der Waals surface area contributed by atoms with Crippen LogP contribution in [-0.2, 0) is 0 Å². The predicted octanol–water partition coefficient (Wildman–Crippen LogP) is 1.40. The first-order valence-corrected chi connectivity index (χ1v) is 5.14. The summed E-state index contributed by atoms with van der Waals surface area (Å²) >= 11 is 0. The number of rotatable bonds is 4. The van der Waals surface area contributed by atoms with Crippen molar-refractivity contribution in [1.29, 1.82) is 0 Å². The van der Waals surface area contributed by atoms with Crippen molar-refractivity contribution < 1.29 is 0 Å². The third kappa shape index (κ3) is 4.23. The van der Waals surface area contributed by atoms with Crippen molar-refractivity contribution in [3.8, 4) is 0 Å². The molecular formula is C11H19N3. The van der Waals surface area contributed by atoms with Crippen LogP contribution in [0, 0.1) is 0 Å². The molecule has 0 spiro atoms. The van der Waals surface area contributed by atoms with Crippen LogP contribution < -0.4 is 5.32 Å². The first-order valence-electron chi connectivity index (χ1n) is 5.14. The number of likely N-dealkylation sites (N-methyl/N-ethyl adjacent to an activating group) is 1. The maximum Gasteiger partial charge on any atom is 0.124 e. The van der Waals surface area contributed by atoms with E-state index in [1.807, 2.05) is 12.3 Å². The lowest BCUT2D eigenvalue weighted by molar-refractivity contribution is 0.363. The zero-order chi connectivity index (χ0) is 10.2. The number of nitrogens with one attached hydrogen (secondary N) is 1. The molecule has 0 saturated carbocycles. The van der Waals surface area contributed by atoms with Crippen LogP contribution in [0.1, 0.15) is 13.3 Å². The van der Waals surface area contributed by atoms with Crippen LogP contribution in [0.5, 0.6) is 0 Å². The first kappa shape index (κ1) is 11.0. The standard InChI is InChI=1S/C11H19N3/c1-3-14(2)10-9-13-11-7-5-4-6-8-12-11/h5-8H,3-4,9-10H2,1-2H3,(H,12,13). The summed E-state index contributed by atoms with van der Waals surface area (Å²) < 4.78 is 0. The maximum absolute atomic E-state index is 4.46. The molecule has 1 N–H and O–H groups in total. The van der Waals surface area contributed by atoms with Gasteiger partial charge in [-0.3, -0.25) is 4.99 Å². The highest BCUT2D eigenvalue weighted by atomic mass is 15.1. The molecule has 1 rings (SSSR count). The molecule has 3 heteroatoms. The Bertz CT molecular complexity index is 241. The summed E-state index contributed by atoms with van der Waals surface area (Å²) in [5.41, 5.74) is 0. The summed E-state index contributed by atoms with van der Waals surface area (Å²) in [7, 11) is 2.11.